The summed E-state index contributed by atoms with van der Waals surface area (Å²) in [5, 5.41) is 4.59. The van der Waals surface area contributed by atoms with Gasteiger partial charge in [0.25, 0.3) is 0 Å². The van der Waals surface area contributed by atoms with Crippen molar-refractivity contribution in [3.63, 3.8) is 0 Å². The molecule has 0 radical (unpaired) electrons. The Labute approximate surface area is 111 Å². The van der Waals surface area contributed by atoms with E-state index in [0.29, 0.717) is 0 Å². The second-order valence-corrected chi connectivity index (χ2v) is 6.18. The molecule has 1 aromatic heterocycles. The van der Waals surface area contributed by atoms with Crippen LogP contribution in [0, 0.1) is 6.92 Å². The highest BCUT2D eigenvalue weighted by Gasteiger charge is 2.19. The van der Waals surface area contributed by atoms with E-state index in [1.54, 1.807) is 0 Å². The second-order valence-electron chi connectivity index (χ2n) is 5.26. The third-order valence-corrected chi connectivity index (χ3v) is 3.14. The minimum atomic E-state index is -0.00331. The first kappa shape index (κ1) is 12.4. The summed E-state index contributed by atoms with van der Waals surface area (Å²) in [6, 6.07) is 10.5. The molecule has 0 atom stereocenters. The Morgan fingerprint density at radius 1 is 1.12 bits per heavy atom. The Kier molecular flexibility index (Phi) is 3.13. The van der Waals surface area contributed by atoms with Crippen LogP contribution in [0.3, 0.4) is 0 Å². The highest BCUT2D eigenvalue weighted by atomic mass is 79.9. The van der Waals surface area contributed by atoms with Crippen molar-refractivity contribution in [3.05, 3.63) is 40.5 Å². The fourth-order valence-corrected chi connectivity index (χ4v) is 2.10. The van der Waals surface area contributed by atoms with Crippen LogP contribution < -0.4 is 0 Å². The quantitative estimate of drug-likeness (QED) is 0.763. The maximum atomic E-state index is 4.59. The predicted octanol–water partition coefficient (Wildman–Crippen LogP) is 4.38. The number of hydrogen-bond acceptors (Lipinski definition) is 1. The summed E-state index contributed by atoms with van der Waals surface area (Å²) in [5.74, 6) is 0. The molecule has 0 spiro atoms. The summed E-state index contributed by atoms with van der Waals surface area (Å²) in [6.45, 7) is 8.54. The van der Waals surface area contributed by atoms with Crippen molar-refractivity contribution in [2.24, 2.45) is 0 Å². The molecule has 0 saturated carbocycles. The number of nitrogens with zero attached hydrogens (tertiary/aromatic N) is 2. The molecule has 2 nitrogen and oxygen atoms in total. The zero-order valence-corrected chi connectivity index (χ0v) is 12.2. The van der Waals surface area contributed by atoms with Crippen molar-refractivity contribution in [2.75, 3.05) is 0 Å². The molecule has 0 aliphatic carbocycles. The number of hydrogen-bond donors (Lipinski definition) is 0. The summed E-state index contributed by atoms with van der Waals surface area (Å²) in [5.41, 5.74) is 3.42. The van der Waals surface area contributed by atoms with E-state index in [1.807, 2.05) is 6.92 Å². The van der Waals surface area contributed by atoms with Crippen LogP contribution in [0.5, 0.6) is 0 Å². The molecule has 2 aromatic rings. The van der Waals surface area contributed by atoms with Crippen molar-refractivity contribution in [2.45, 2.75) is 33.2 Å². The van der Waals surface area contributed by atoms with Gasteiger partial charge in [0, 0.05) is 4.47 Å². The van der Waals surface area contributed by atoms with Gasteiger partial charge in [0.2, 0.25) is 0 Å². The largest absolute Gasteiger partial charge is 0.259 e. The van der Waals surface area contributed by atoms with Gasteiger partial charge in [0.1, 0.15) is 0 Å². The molecule has 0 N–H and O–H groups in total. The van der Waals surface area contributed by atoms with Gasteiger partial charge in [-0.1, -0.05) is 28.1 Å². The minimum Gasteiger partial charge on any atom is -0.259 e. The molecular formula is C14H17BrN2. The standard InChI is InChI=1S/C14H17BrN2/c1-10-9-13(17(16-10)14(2,3)4)11-5-7-12(15)8-6-11/h5-9H,1-4H3. The van der Waals surface area contributed by atoms with E-state index < -0.39 is 0 Å². The normalized spacial score (nSPS) is 11.8. The SMILES string of the molecule is Cc1cc(-c2ccc(Br)cc2)n(C(C)(C)C)n1. The number of halogens is 1. The Morgan fingerprint density at radius 3 is 2.24 bits per heavy atom. The Morgan fingerprint density at radius 2 is 1.71 bits per heavy atom. The van der Waals surface area contributed by atoms with Crippen molar-refractivity contribution in [1.82, 2.24) is 9.78 Å². The second kappa shape index (κ2) is 4.30. The van der Waals surface area contributed by atoms with E-state index >= 15 is 0 Å². The molecular weight excluding hydrogens is 276 g/mol. The van der Waals surface area contributed by atoms with Crippen molar-refractivity contribution in [3.8, 4) is 11.3 Å². The van der Waals surface area contributed by atoms with Crippen LogP contribution in [-0.4, -0.2) is 9.78 Å². The van der Waals surface area contributed by atoms with Crippen LogP contribution in [0.1, 0.15) is 26.5 Å². The maximum absolute atomic E-state index is 4.59. The summed E-state index contributed by atoms with van der Waals surface area (Å²) < 4.78 is 3.19. The number of benzene rings is 1. The molecule has 0 aliphatic heterocycles. The van der Waals surface area contributed by atoms with Gasteiger partial charge in [-0.05, 0) is 51.5 Å². The van der Waals surface area contributed by atoms with E-state index in [4.69, 9.17) is 0 Å². The Bertz CT molecular complexity index is 518. The molecule has 0 amide bonds. The third kappa shape index (κ3) is 2.60. The van der Waals surface area contributed by atoms with Gasteiger partial charge < -0.3 is 0 Å². The van der Waals surface area contributed by atoms with Crippen molar-refractivity contribution in [1.29, 1.82) is 0 Å². The molecule has 1 aromatic carbocycles. The molecule has 2 rings (SSSR count). The first-order valence-electron chi connectivity index (χ1n) is 5.71. The highest BCUT2D eigenvalue weighted by Crippen LogP contribution is 2.27. The van der Waals surface area contributed by atoms with Crippen LogP contribution in [0.25, 0.3) is 11.3 Å². The van der Waals surface area contributed by atoms with Crippen LogP contribution in [0.15, 0.2) is 34.8 Å². The average Bonchev–Trinajstić information content (AvgIpc) is 2.61. The van der Waals surface area contributed by atoms with Gasteiger partial charge in [0.05, 0.1) is 16.9 Å². The topological polar surface area (TPSA) is 17.8 Å². The lowest BCUT2D eigenvalue weighted by Gasteiger charge is -2.22. The molecule has 0 fully saturated rings. The highest BCUT2D eigenvalue weighted by molar-refractivity contribution is 9.10. The van der Waals surface area contributed by atoms with Gasteiger partial charge >= 0.3 is 0 Å². The average molecular weight is 293 g/mol. The Balaban J connectivity index is 2.55. The molecule has 0 aliphatic rings. The predicted molar refractivity (Wildman–Crippen MR) is 75.1 cm³/mol. The monoisotopic (exact) mass is 292 g/mol. The molecule has 0 unspecified atom stereocenters. The third-order valence-electron chi connectivity index (χ3n) is 2.61. The zero-order valence-electron chi connectivity index (χ0n) is 10.7. The van der Waals surface area contributed by atoms with E-state index in [1.165, 1.54) is 11.3 Å². The van der Waals surface area contributed by atoms with E-state index in [9.17, 15) is 0 Å². The lowest BCUT2D eigenvalue weighted by atomic mass is 10.1. The molecule has 0 bridgehead atoms. The van der Waals surface area contributed by atoms with Crippen molar-refractivity contribution >= 4 is 15.9 Å². The first-order chi connectivity index (χ1) is 7.88. The van der Waals surface area contributed by atoms with Gasteiger partial charge in [-0.3, -0.25) is 4.68 Å². The number of aromatic nitrogens is 2. The fraction of sp³-hybridized carbons (Fsp3) is 0.357. The van der Waals surface area contributed by atoms with Gasteiger partial charge in [0.15, 0.2) is 0 Å². The van der Waals surface area contributed by atoms with E-state index in [2.05, 4.69) is 76.8 Å². The molecule has 17 heavy (non-hydrogen) atoms. The summed E-state index contributed by atoms with van der Waals surface area (Å²) >= 11 is 3.46. The molecule has 0 saturated heterocycles. The van der Waals surface area contributed by atoms with E-state index in [0.717, 1.165) is 10.2 Å². The van der Waals surface area contributed by atoms with Gasteiger partial charge in [-0.25, -0.2) is 0 Å². The smallest absolute Gasteiger partial charge is 0.0691 e. The van der Waals surface area contributed by atoms with E-state index in [-0.39, 0.29) is 5.54 Å². The maximum Gasteiger partial charge on any atom is 0.0691 e. The van der Waals surface area contributed by atoms with Crippen molar-refractivity contribution < 1.29 is 0 Å². The van der Waals surface area contributed by atoms with Gasteiger partial charge in [-0.2, -0.15) is 5.10 Å². The lowest BCUT2D eigenvalue weighted by Crippen LogP contribution is -2.24. The number of rotatable bonds is 1. The van der Waals surface area contributed by atoms with Crippen LogP contribution in [0.4, 0.5) is 0 Å². The summed E-state index contributed by atoms with van der Waals surface area (Å²) in [7, 11) is 0. The fourth-order valence-electron chi connectivity index (χ4n) is 1.84. The zero-order chi connectivity index (χ0) is 12.6. The summed E-state index contributed by atoms with van der Waals surface area (Å²) in [4.78, 5) is 0. The molecule has 3 heteroatoms. The first-order valence-corrected chi connectivity index (χ1v) is 6.50. The number of aryl methyl sites for hydroxylation is 1. The van der Waals surface area contributed by atoms with Crippen LogP contribution in [-0.2, 0) is 5.54 Å². The Hall–Kier alpha value is -1.09. The minimum absolute atomic E-state index is 0.00331. The molecule has 1 heterocycles. The van der Waals surface area contributed by atoms with Crippen LogP contribution >= 0.6 is 15.9 Å². The van der Waals surface area contributed by atoms with Gasteiger partial charge in [-0.15, -0.1) is 0 Å². The lowest BCUT2D eigenvalue weighted by molar-refractivity contribution is 0.358. The van der Waals surface area contributed by atoms with Crippen LogP contribution in [0.2, 0.25) is 0 Å². The molecule has 90 valence electrons. The summed E-state index contributed by atoms with van der Waals surface area (Å²) in [6.07, 6.45) is 0.